The number of nitrogens with zero attached hydrogens (tertiary/aromatic N) is 4. The first kappa shape index (κ1) is 35.7. The predicted molar refractivity (Wildman–Crippen MR) is 202 cm³/mol. The first-order valence-corrected chi connectivity index (χ1v) is 20.4. The summed E-state index contributed by atoms with van der Waals surface area (Å²) in [6.45, 7) is 13.4. The molecule has 0 spiro atoms. The van der Waals surface area contributed by atoms with Gasteiger partial charge in [-0.2, -0.15) is 0 Å². The molecule has 2 aromatic carbocycles. The van der Waals surface area contributed by atoms with Gasteiger partial charge in [0.1, 0.15) is 23.2 Å². The number of ether oxygens (including phenoxy) is 1. The number of hydrogen-bond acceptors (Lipinski definition) is 7. The third-order valence-corrected chi connectivity index (χ3v) is 14.9. The molecule has 0 atom stereocenters. The van der Waals surface area contributed by atoms with Crippen molar-refractivity contribution in [3.05, 3.63) is 105 Å². The van der Waals surface area contributed by atoms with Crippen molar-refractivity contribution in [2.75, 3.05) is 30.4 Å². The van der Waals surface area contributed by atoms with Crippen molar-refractivity contribution >= 4 is 52.3 Å². The van der Waals surface area contributed by atoms with Crippen LogP contribution in [0.4, 0.5) is 26.0 Å². The molecule has 1 saturated heterocycles. The minimum absolute atomic E-state index is 0.0445. The van der Waals surface area contributed by atoms with Gasteiger partial charge in [-0.15, -0.1) is 0 Å². The van der Waals surface area contributed by atoms with Crippen LogP contribution in [0.25, 0.3) is 22.2 Å². The lowest BCUT2D eigenvalue weighted by Gasteiger charge is -2.42. The molecule has 5 aromatic rings. The lowest BCUT2D eigenvalue weighted by Crippen LogP contribution is -2.47. The van der Waals surface area contributed by atoms with Gasteiger partial charge in [0.15, 0.2) is 8.32 Å². The molecule has 1 aliphatic rings. The van der Waals surface area contributed by atoms with Crippen molar-refractivity contribution in [1.82, 2.24) is 14.5 Å². The normalized spacial score (nSPS) is 14.3. The highest BCUT2D eigenvalue weighted by Crippen LogP contribution is 2.39. The van der Waals surface area contributed by atoms with Gasteiger partial charge in [0.25, 0.3) is 5.56 Å². The van der Waals surface area contributed by atoms with Crippen molar-refractivity contribution in [3.63, 3.8) is 0 Å². The Bertz CT molecular complexity index is 2040. The van der Waals surface area contributed by atoms with Gasteiger partial charge >= 0.3 is 0 Å². The van der Waals surface area contributed by atoms with Gasteiger partial charge in [-0.1, -0.05) is 39.0 Å². The monoisotopic (exact) mass is 761 g/mol. The van der Waals surface area contributed by atoms with Crippen LogP contribution in [0.5, 0.6) is 5.75 Å². The van der Waals surface area contributed by atoms with Gasteiger partial charge < -0.3 is 23.9 Å². The number of piperidine rings is 1. The molecule has 0 radical (unpaired) electrons. The number of aromatic nitrogens is 3. The molecule has 50 heavy (non-hydrogen) atoms. The fraction of sp³-hybridized carbons (Fsp3) is 0.342. The molecule has 8 nitrogen and oxygen atoms in total. The summed E-state index contributed by atoms with van der Waals surface area (Å²) < 4.78 is 44.0. The topological polar surface area (TPSA) is 81.5 Å². The number of benzene rings is 2. The van der Waals surface area contributed by atoms with E-state index in [1.807, 2.05) is 36.4 Å². The first-order valence-electron chi connectivity index (χ1n) is 16.7. The number of pyridine rings is 3. The molecule has 0 aliphatic carbocycles. The largest absolute Gasteiger partial charge is 0.497 e. The van der Waals surface area contributed by atoms with E-state index < -0.39 is 20.0 Å². The number of anilines is 3. The third-order valence-electron chi connectivity index (χ3n) is 9.81. The maximum absolute atomic E-state index is 15.0. The van der Waals surface area contributed by atoms with Crippen molar-refractivity contribution in [1.29, 1.82) is 0 Å². The highest BCUT2D eigenvalue weighted by molar-refractivity contribution is 9.10. The highest BCUT2D eigenvalue weighted by atomic mass is 79.9. The fourth-order valence-electron chi connectivity index (χ4n) is 5.96. The SMILES string of the molecule is COc1ccc(Cn2cc(Br)c3nc(-c4c(F)cccc4F)cc(Nc4ccc(N5CCC(O[Si](C)(C)C(C)(C)C)CC5)cn4)c3c2=O)cc1. The zero-order valence-electron chi connectivity index (χ0n) is 29.2. The summed E-state index contributed by atoms with van der Waals surface area (Å²) in [5.41, 5.74) is 1.90. The van der Waals surface area contributed by atoms with Crippen LogP contribution in [-0.2, 0) is 11.0 Å². The van der Waals surface area contributed by atoms with Crippen molar-refractivity contribution in [2.45, 2.75) is 64.4 Å². The summed E-state index contributed by atoms with van der Waals surface area (Å²) in [6.07, 6.45) is 5.59. The van der Waals surface area contributed by atoms with Gasteiger partial charge in [0.05, 0.1) is 57.9 Å². The van der Waals surface area contributed by atoms with Gasteiger partial charge in [0, 0.05) is 25.4 Å². The van der Waals surface area contributed by atoms with E-state index >= 15 is 8.78 Å². The summed E-state index contributed by atoms with van der Waals surface area (Å²) in [7, 11) is -0.244. The van der Waals surface area contributed by atoms with Crippen molar-refractivity contribution < 1.29 is 17.9 Å². The Morgan fingerprint density at radius 1 is 1.02 bits per heavy atom. The Balaban J connectivity index is 1.31. The molecule has 0 amide bonds. The molecule has 1 aliphatic heterocycles. The second-order valence-corrected chi connectivity index (χ2v) is 19.8. The molecule has 262 valence electrons. The molecule has 0 saturated carbocycles. The number of rotatable bonds is 9. The predicted octanol–water partition coefficient (Wildman–Crippen LogP) is 9.29. The van der Waals surface area contributed by atoms with Crippen molar-refractivity contribution in [2.24, 2.45) is 0 Å². The Hall–Kier alpha value is -4.13. The average molecular weight is 763 g/mol. The van der Waals surface area contributed by atoms with Crippen LogP contribution in [0.3, 0.4) is 0 Å². The van der Waals surface area contributed by atoms with Crippen LogP contribution >= 0.6 is 15.9 Å². The van der Waals surface area contributed by atoms with E-state index in [-0.39, 0.29) is 45.4 Å². The van der Waals surface area contributed by atoms with Gasteiger partial charge in [-0.25, -0.2) is 18.7 Å². The number of methoxy groups -OCH3 is 1. The Labute approximate surface area is 300 Å². The smallest absolute Gasteiger partial charge is 0.262 e. The molecule has 3 aromatic heterocycles. The van der Waals surface area contributed by atoms with Crippen LogP contribution in [-0.4, -0.2) is 49.2 Å². The number of halogens is 3. The number of fused-ring (bicyclic) bond motifs is 1. The second kappa shape index (κ2) is 14.2. The Morgan fingerprint density at radius 3 is 2.30 bits per heavy atom. The van der Waals surface area contributed by atoms with E-state index in [0.29, 0.717) is 21.7 Å². The molecule has 1 N–H and O–H groups in total. The molecule has 6 rings (SSSR count). The standard InChI is InChI=1S/C38H42BrF2N5O3Si/c1-38(2,3)50(5,6)49-27-16-18-45(19-17-27)25-12-15-33(42-21-25)43-32-20-31(34-29(40)8-7-9-30(34)41)44-36-28(39)23-46(37(47)35(32)36)22-24-10-13-26(48-4)14-11-24/h7-15,20-21,23,27H,16-19,22H2,1-6H3,(H,42,43,44). The molecule has 4 heterocycles. The summed E-state index contributed by atoms with van der Waals surface area (Å²) in [5.74, 6) is -0.332. The zero-order chi connectivity index (χ0) is 35.8. The zero-order valence-corrected chi connectivity index (χ0v) is 31.8. The molecule has 0 unspecified atom stereocenters. The van der Waals surface area contributed by atoms with E-state index in [1.54, 1.807) is 24.1 Å². The van der Waals surface area contributed by atoms with Gasteiger partial charge in [-0.05, 0) is 94.9 Å². The van der Waals surface area contributed by atoms with E-state index in [0.717, 1.165) is 37.2 Å². The molecular weight excluding hydrogens is 720 g/mol. The first-order chi connectivity index (χ1) is 23.7. The van der Waals surface area contributed by atoms with E-state index in [2.05, 4.69) is 70.0 Å². The minimum atomic E-state index is -1.84. The molecule has 12 heteroatoms. The van der Waals surface area contributed by atoms with E-state index in [1.165, 1.54) is 24.3 Å². The van der Waals surface area contributed by atoms with Crippen LogP contribution in [0, 0.1) is 11.6 Å². The van der Waals surface area contributed by atoms with Crippen LogP contribution in [0.1, 0.15) is 39.2 Å². The Morgan fingerprint density at radius 2 is 1.70 bits per heavy atom. The molecular formula is C38H42BrF2N5O3Si. The highest BCUT2D eigenvalue weighted by Gasteiger charge is 2.39. The van der Waals surface area contributed by atoms with E-state index in [4.69, 9.17) is 9.16 Å². The van der Waals surface area contributed by atoms with Crippen molar-refractivity contribution in [3.8, 4) is 17.0 Å². The second-order valence-electron chi connectivity index (χ2n) is 14.2. The summed E-state index contributed by atoms with van der Waals surface area (Å²) in [6, 6.07) is 16.4. The summed E-state index contributed by atoms with van der Waals surface area (Å²) >= 11 is 3.58. The summed E-state index contributed by atoms with van der Waals surface area (Å²) in [5, 5.41) is 3.69. The lowest BCUT2D eigenvalue weighted by atomic mass is 10.1. The van der Waals surface area contributed by atoms with Crippen LogP contribution < -0.4 is 20.5 Å². The lowest BCUT2D eigenvalue weighted by molar-refractivity contribution is 0.152. The quantitative estimate of drug-likeness (QED) is 0.150. The molecule has 1 fully saturated rings. The summed E-state index contributed by atoms with van der Waals surface area (Å²) in [4.78, 5) is 25.7. The van der Waals surface area contributed by atoms with Crippen LogP contribution in [0.2, 0.25) is 18.1 Å². The van der Waals surface area contributed by atoms with E-state index in [9.17, 15) is 4.79 Å². The van der Waals surface area contributed by atoms with Gasteiger partial charge in [-0.3, -0.25) is 4.79 Å². The maximum atomic E-state index is 15.0. The number of nitrogens with one attached hydrogen (secondary N) is 1. The fourth-order valence-corrected chi connectivity index (χ4v) is 7.92. The maximum Gasteiger partial charge on any atom is 0.262 e. The van der Waals surface area contributed by atoms with Crippen LogP contribution in [0.15, 0.2) is 82.3 Å². The Kier molecular flexibility index (Phi) is 10.2. The minimum Gasteiger partial charge on any atom is -0.497 e. The average Bonchev–Trinajstić information content (AvgIpc) is 3.07. The molecule has 0 bridgehead atoms. The number of hydrogen-bond donors (Lipinski definition) is 1. The van der Waals surface area contributed by atoms with Gasteiger partial charge in [0.2, 0.25) is 0 Å². The third kappa shape index (κ3) is 7.47.